The summed E-state index contributed by atoms with van der Waals surface area (Å²) in [4.78, 5) is 0.272. The second kappa shape index (κ2) is 7.33. The first-order valence-corrected chi connectivity index (χ1v) is 10.2. The molecule has 0 aliphatic carbocycles. The van der Waals surface area contributed by atoms with Gasteiger partial charge in [-0.3, -0.25) is 0 Å². The summed E-state index contributed by atoms with van der Waals surface area (Å²) < 4.78 is 42.3. The lowest BCUT2D eigenvalue weighted by atomic mass is 10.0. The van der Waals surface area contributed by atoms with Crippen LogP contribution in [0.15, 0.2) is 57.9 Å². The topological polar surface area (TPSA) is 37.4 Å². The summed E-state index contributed by atoms with van der Waals surface area (Å²) >= 11 is 3.33. The van der Waals surface area contributed by atoms with E-state index in [1.807, 2.05) is 6.07 Å². The Labute approximate surface area is 150 Å². The first-order valence-electron chi connectivity index (χ1n) is 8.01. The predicted octanol–water partition coefficient (Wildman–Crippen LogP) is 4.89. The smallest absolute Gasteiger partial charge is 0.207 e. The van der Waals surface area contributed by atoms with Gasteiger partial charge in [0.15, 0.2) is 0 Å². The van der Waals surface area contributed by atoms with E-state index in [-0.39, 0.29) is 16.8 Å². The maximum absolute atomic E-state index is 13.6. The number of rotatable bonds is 3. The Hall–Kier alpha value is -1.24. The van der Waals surface area contributed by atoms with E-state index in [0.29, 0.717) is 13.0 Å². The van der Waals surface area contributed by atoms with E-state index < -0.39 is 10.0 Å². The quantitative estimate of drug-likeness (QED) is 0.720. The molecular weight excluding hydrogens is 393 g/mol. The molecule has 1 aliphatic heterocycles. The molecule has 6 heteroatoms. The third-order valence-electron chi connectivity index (χ3n) is 4.36. The van der Waals surface area contributed by atoms with Crippen molar-refractivity contribution < 1.29 is 12.8 Å². The normalized spacial score (nSPS) is 19.8. The van der Waals surface area contributed by atoms with Gasteiger partial charge in [0.1, 0.15) is 5.82 Å². The fraction of sp³-hybridized carbons (Fsp3) is 0.333. The van der Waals surface area contributed by atoms with Gasteiger partial charge in [0.25, 0.3) is 0 Å². The molecule has 0 bridgehead atoms. The van der Waals surface area contributed by atoms with Crippen molar-refractivity contribution in [3.05, 3.63) is 64.4 Å². The van der Waals surface area contributed by atoms with Crippen LogP contribution < -0.4 is 0 Å². The minimum atomic E-state index is -3.62. The van der Waals surface area contributed by atoms with E-state index in [9.17, 15) is 12.8 Å². The fourth-order valence-electron chi connectivity index (χ4n) is 3.16. The zero-order chi connectivity index (χ0) is 17.2. The van der Waals surface area contributed by atoms with Gasteiger partial charge >= 0.3 is 0 Å². The molecule has 2 aromatic rings. The second-order valence-corrected chi connectivity index (χ2v) is 8.80. The second-order valence-electron chi connectivity index (χ2n) is 5.99. The van der Waals surface area contributed by atoms with Crippen LogP contribution in [0.1, 0.15) is 37.3 Å². The lowest BCUT2D eigenvalue weighted by molar-refractivity contribution is 0.328. The van der Waals surface area contributed by atoms with Crippen molar-refractivity contribution in [3.8, 4) is 0 Å². The van der Waals surface area contributed by atoms with Crippen LogP contribution in [-0.2, 0) is 10.0 Å². The molecule has 3 rings (SSSR count). The standard InChI is InChI=1S/C18H19BrFNO2S/c19-15-8-10-17(11-9-15)24(22,23)21-12-3-1-2-7-18(21)14-5-4-6-16(20)13-14/h4-6,8-11,13,18H,1-3,7,12H2. The first kappa shape index (κ1) is 17.6. The van der Waals surface area contributed by atoms with Crippen molar-refractivity contribution in [3.63, 3.8) is 0 Å². The van der Waals surface area contributed by atoms with Gasteiger partial charge in [-0.15, -0.1) is 0 Å². The summed E-state index contributed by atoms with van der Waals surface area (Å²) in [5.41, 5.74) is 0.720. The molecule has 1 unspecified atom stereocenters. The van der Waals surface area contributed by atoms with Crippen LogP contribution in [0.2, 0.25) is 0 Å². The molecule has 1 fully saturated rings. The molecule has 1 saturated heterocycles. The predicted molar refractivity (Wildman–Crippen MR) is 95.6 cm³/mol. The van der Waals surface area contributed by atoms with E-state index in [0.717, 1.165) is 29.3 Å². The zero-order valence-electron chi connectivity index (χ0n) is 13.2. The highest BCUT2D eigenvalue weighted by Crippen LogP contribution is 2.35. The molecule has 24 heavy (non-hydrogen) atoms. The van der Waals surface area contributed by atoms with Crippen molar-refractivity contribution in [1.29, 1.82) is 0 Å². The van der Waals surface area contributed by atoms with Gasteiger partial charge in [-0.2, -0.15) is 4.31 Å². The lowest BCUT2D eigenvalue weighted by Gasteiger charge is -2.29. The molecule has 0 N–H and O–H groups in total. The van der Waals surface area contributed by atoms with Gasteiger partial charge in [0, 0.05) is 11.0 Å². The molecule has 0 amide bonds. The summed E-state index contributed by atoms with van der Waals surface area (Å²) in [5, 5.41) is 0. The van der Waals surface area contributed by atoms with Crippen LogP contribution in [0.3, 0.4) is 0 Å². The number of halogens is 2. The summed E-state index contributed by atoms with van der Waals surface area (Å²) in [7, 11) is -3.62. The molecule has 1 atom stereocenters. The summed E-state index contributed by atoms with van der Waals surface area (Å²) in [6.07, 6.45) is 3.45. The van der Waals surface area contributed by atoms with E-state index in [4.69, 9.17) is 0 Å². The minimum Gasteiger partial charge on any atom is -0.207 e. The molecule has 3 nitrogen and oxygen atoms in total. The van der Waals surface area contributed by atoms with Crippen molar-refractivity contribution in [2.24, 2.45) is 0 Å². The van der Waals surface area contributed by atoms with Gasteiger partial charge in [-0.1, -0.05) is 40.9 Å². The Bertz CT molecular complexity index is 808. The van der Waals surface area contributed by atoms with E-state index in [1.165, 1.54) is 16.4 Å². The SMILES string of the molecule is O=S(=O)(c1ccc(Br)cc1)N1CCCCCC1c1cccc(F)c1. The van der Waals surface area contributed by atoms with Crippen LogP contribution in [0, 0.1) is 5.82 Å². The Kier molecular flexibility index (Phi) is 5.37. The van der Waals surface area contributed by atoms with E-state index in [1.54, 1.807) is 30.3 Å². The van der Waals surface area contributed by atoms with Crippen LogP contribution in [-0.4, -0.2) is 19.3 Å². The van der Waals surface area contributed by atoms with E-state index in [2.05, 4.69) is 15.9 Å². The van der Waals surface area contributed by atoms with Gasteiger partial charge in [0.2, 0.25) is 10.0 Å². The Balaban J connectivity index is 2.02. The fourth-order valence-corrected chi connectivity index (χ4v) is 5.11. The number of benzene rings is 2. The van der Waals surface area contributed by atoms with Crippen molar-refractivity contribution in [2.45, 2.75) is 36.6 Å². The third-order valence-corrected chi connectivity index (χ3v) is 6.81. The molecule has 0 aromatic heterocycles. The van der Waals surface area contributed by atoms with Crippen LogP contribution in [0.4, 0.5) is 4.39 Å². The van der Waals surface area contributed by atoms with Gasteiger partial charge in [0.05, 0.1) is 10.9 Å². The van der Waals surface area contributed by atoms with Gasteiger partial charge < -0.3 is 0 Å². The average molecular weight is 412 g/mol. The Morgan fingerprint density at radius 3 is 2.50 bits per heavy atom. The summed E-state index contributed by atoms with van der Waals surface area (Å²) in [5.74, 6) is -0.335. The van der Waals surface area contributed by atoms with Gasteiger partial charge in [-0.05, 0) is 54.8 Å². The largest absolute Gasteiger partial charge is 0.243 e. The molecule has 0 spiro atoms. The Morgan fingerprint density at radius 2 is 1.79 bits per heavy atom. The highest BCUT2D eigenvalue weighted by Gasteiger charge is 2.33. The first-order chi connectivity index (χ1) is 11.5. The lowest BCUT2D eigenvalue weighted by Crippen LogP contribution is -2.34. The summed E-state index contributed by atoms with van der Waals surface area (Å²) in [6.45, 7) is 0.458. The van der Waals surface area contributed by atoms with Gasteiger partial charge in [-0.25, -0.2) is 12.8 Å². The number of nitrogens with zero attached hydrogens (tertiary/aromatic N) is 1. The number of sulfonamides is 1. The molecule has 0 radical (unpaired) electrons. The van der Waals surface area contributed by atoms with Crippen molar-refractivity contribution in [1.82, 2.24) is 4.31 Å². The third kappa shape index (κ3) is 3.71. The van der Waals surface area contributed by atoms with Crippen molar-refractivity contribution in [2.75, 3.05) is 6.54 Å². The van der Waals surface area contributed by atoms with E-state index >= 15 is 0 Å². The Morgan fingerprint density at radius 1 is 1.04 bits per heavy atom. The van der Waals surface area contributed by atoms with Crippen molar-refractivity contribution >= 4 is 26.0 Å². The molecular formula is C18H19BrFNO2S. The highest BCUT2D eigenvalue weighted by atomic mass is 79.9. The van der Waals surface area contributed by atoms with Crippen LogP contribution in [0.5, 0.6) is 0 Å². The zero-order valence-corrected chi connectivity index (χ0v) is 15.6. The monoisotopic (exact) mass is 411 g/mol. The molecule has 1 aliphatic rings. The average Bonchev–Trinajstić information content (AvgIpc) is 2.81. The number of hydrogen-bond donors (Lipinski definition) is 0. The molecule has 128 valence electrons. The molecule has 2 aromatic carbocycles. The number of hydrogen-bond acceptors (Lipinski definition) is 2. The highest BCUT2D eigenvalue weighted by molar-refractivity contribution is 9.10. The summed E-state index contributed by atoms with van der Waals surface area (Å²) in [6, 6.07) is 12.6. The molecule has 1 heterocycles. The maximum Gasteiger partial charge on any atom is 0.243 e. The van der Waals surface area contributed by atoms with Crippen LogP contribution in [0.25, 0.3) is 0 Å². The minimum absolute atomic E-state index is 0.272. The molecule has 0 saturated carbocycles. The van der Waals surface area contributed by atoms with Crippen LogP contribution >= 0.6 is 15.9 Å². The maximum atomic E-state index is 13.6.